The van der Waals surface area contributed by atoms with E-state index in [2.05, 4.69) is 10.4 Å². The molecule has 0 unspecified atom stereocenters. The highest BCUT2D eigenvalue weighted by Gasteiger charge is 2.33. The number of sulfonamides is 1. The van der Waals surface area contributed by atoms with Crippen LogP contribution in [-0.4, -0.2) is 66.0 Å². The van der Waals surface area contributed by atoms with Gasteiger partial charge in [0, 0.05) is 38.9 Å². The van der Waals surface area contributed by atoms with Crippen molar-refractivity contribution in [3.8, 4) is 0 Å². The third kappa shape index (κ3) is 4.20. The van der Waals surface area contributed by atoms with Gasteiger partial charge in [-0.05, 0) is 26.0 Å². The SMILES string of the molecule is Cc1nn(C)c(C)c1S(=O)(=O)N1CCN(CC(=O)Nc2ccccc2)CC1. The third-order valence-corrected chi connectivity index (χ3v) is 6.95. The molecule has 146 valence electrons. The Labute approximate surface area is 159 Å². The van der Waals surface area contributed by atoms with Gasteiger partial charge < -0.3 is 5.32 Å². The normalized spacial score (nSPS) is 16.4. The summed E-state index contributed by atoms with van der Waals surface area (Å²) in [5.74, 6) is -0.101. The summed E-state index contributed by atoms with van der Waals surface area (Å²) in [6, 6.07) is 9.28. The summed E-state index contributed by atoms with van der Waals surface area (Å²) in [6.07, 6.45) is 0. The molecule has 0 aliphatic carbocycles. The predicted octanol–water partition coefficient (Wildman–Crippen LogP) is 0.982. The summed E-state index contributed by atoms with van der Waals surface area (Å²) in [4.78, 5) is 14.4. The first-order valence-corrected chi connectivity index (χ1v) is 10.3. The lowest BCUT2D eigenvalue weighted by atomic mass is 10.3. The Morgan fingerprint density at radius 3 is 2.30 bits per heavy atom. The molecular formula is C18H25N5O3S. The number of para-hydroxylation sites is 1. The van der Waals surface area contributed by atoms with Gasteiger partial charge in [0.1, 0.15) is 4.90 Å². The number of amides is 1. The number of hydrogen-bond acceptors (Lipinski definition) is 5. The van der Waals surface area contributed by atoms with Crippen molar-refractivity contribution in [2.24, 2.45) is 7.05 Å². The zero-order valence-corrected chi connectivity index (χ0v) is 16.7. The van der Waals surface area contributed by atoms with E-state index < -0.39 is 10.0 Å². The molecule has 0 saturated carbocycles. The molecule has 0 bridgehead atoms. The van der Waals surface area contributed by atoms with Crippen molar-refractivity contribution in [3.63, 3.8) is 0 Å². The maximum atomic E-state index is 13.0. The summed E-state index contributed by atoms with van der Waals surface area (Å²) < 4.78 is 29.0. The maximum Gasteiger partial charge on any atom is 0.246 e. The van der Waals surface area contributed by atoms with Gasteiger partial charge in [0.25, 0.3) is 0 Å². The summed E-state index contributed by atoms with van der Waals surface area (Å²) in [6.45, 7) is 5.46. The molecule has 0 spiro atoms. The lowest BCUT2D eigenvalue weighted by molar-refractivity contribution is -0.117. The van der Waals surface area contributed by atoms with E-state index in [9.17, 15) is 13.2 Å². The molecule has 0 radical (unpaired) electrons. The molecule has 1 saturated heterocycles. The average Bonchev–Trinajstić information content (AvgIpc) is 2.88. The first-order valence-electron chi connectivity index (χ1n) is 8.86. The number of nitrogens with zero attached hydrogens (tertiary/aromatic N) is 4. The monoisotopic (exact) mass is 391 g/mol. The van der Waals surface area contributed by atoms with E-state index in [1.807, 2.05) is 35.2 Å². The van der Waals surface area contributed by atoms with Crippen LogP contribution in [0.2, 0.25) is 0 Å². The fourth-order valence-electron chi connectivity index (χ4n) is 3.31. The first-order chi connectivity index (χ1) is 12.8. The Kier molecular flexibility index (Phi) is 5.64. The highest BCUT2D eigenvalue weighted by molar-refractivity contribution is 7.89. The van der Waals surface area contributed by atoms with Gasteiger partial charge in [0.15, 0.2) is 0 Å². The lowest BCUT2D eigenvalue weighted by Crippen LogP contribution is -2.50. The fraction of sp³-hybridized carbons (Fsp3) is 0.444. The molecule has 1 amide bonds. The van der Waals surface area contributed by atoms with Crippen LogP contribution in [0.15, 0.2) is 35.2 Å². The number of rotatable bonds is 5. The maximum absolute atomic E-state index is 13.0. The van der Waals surface area contributed by atoms with E-state index in [4.69, 9.17) is 0 Å². The Balaban J connectivity index is 1.59. The first kappa shape index (κ1) is 19.5. The van der Waals surface area contributed by atoms with E-state index in [0.29, 0.717) is 42.5 Å². The number of nitrogens with one attached hydrogen (secondary N) is 1. The molecule has 1 aliphatic heterocycles. The van der Waals surface area contributed by atoms with Crippen LogP contribution in [0.1, 0.15) is 11.4 Å². The number of anilines is 1. The summed E-state index contributed by atoms with van der Waals surface area (Å²) in [5, 5.41) is 7.06. The van der Waals surface area contributed by atoms with Crippen LogP contribution in [-0.2, 0) is 21.9 Å². The molecule has 0 atom stereocenters. The molecular weight excluding hydrogens is 366 g/mol. The van der Waals surface area contributed by atoms with Gasteiger partial charge in [-0.3, -0.25) is 14.4 Å². The van der Waals surface area contributed by atoms with Gasteiger partial charge in [-0.2, -0.15) is 9.40 Å². The molecule has 9 heteroatoms. The van der Waals surface area contributed by atoms with Gasteiger partial charge in [-0.25, -0.2) is 8.42 Å². The molecule has 2 aromatic rings. The van der Waals surface area contributed by atoms with Crippen molar-refractivity contribution >= 4 is 21.6 Å². The van der Waals surface area contributed by atoms with Crippen LogP contribution in [0.4, 0.5) is 5.69 Å². The molecule has 3 rings (SSSR count). The fourth-order valence-corrected chi connectivity index (χ4v) is 5.13. The van der Waals surface area contributed by atoms with E-state index in [-0.39, 0.29) is 12.5 Å². The van der Waals surface area contributed by atoms with Gasteiger partial charge in [-0.1, -0.05) is 18.2 Å². The van der Waals surface area contributed by atoms with Gasteiger partial charge in [0.05, 0.1) is 17.9 Å². The summed E-state index contributed by atoms with van der Waals surface area (Å²) in [5.41, 5.74) is 1.91. The van der Waals surface area contributed by atoms with Gasteiger partial charge >= 0.3 is 0 Å². The van der Waals surface area contributed by atoms with Crippen LogP contribution >= 0.6 is 0 Å². The Morgan fingerprint density at radius 1 is 1.11 bits per heavy atom. The van der Waals surface area contributed by atoms with Crippen LogP contribution in [0.3, 0.4) is 0 Å². The molecule has 8 nitrogen and oxygen atoms in total. The lowest BCUT2D eigenvalue weighted by Gasteiger charge is -2.33. The number of benzene rings is 1. The number of aromatic nitrogens is 2. The van der Waals surface area contributed by atoms with Crippen molar-refractivity contribution in [3.05, 3.63) is 41.7 Å². The highest BCUT2D eigenvalue weighted by Crippen LogP contribution is 2.24. The third-order valence-electron chi connectivity index (χ3n) is 4.80. The van der Waals surface area contributed by atoms with Crippen molar-refractivity contribution in [2.75, 3.05) is 38.0 Å². The van der Waals surface area contributed by atoms with Crippen molar-refractivity contribution in [1.82, 2.24) is 19.0 Å². The largest absolute Gasteiger partial charge is 0.325 e. The van der Waals surface area contributed by atoms with Crippen molar-refractivity contribution in [1.29, 1.82) is 0 Å². The average molecular weight is 391 g/mol. The summed E-state index contributed by atoms with van der Waals surface area (Å²) >= 11 is 0. The van der Waals surface area contributed by atoms with Crippen molar-refractivity contribution in [2.45, 2.75) is 18.7 Å². The number of aryl methyl sites for hydroxylation is 2. The van der Waals surface area contributed by atoms with Crippen LogP contribution in [0, 0.1) is 13.8 Å². The Bertz CT molecular complexity index is 916. The number of carbonyl (C=O) groups excluding carboxylic acids is 1. The molecule has 1 fully saturated rings. The number of piperazine rings is 1. The second kappa shape index (κ2) is 7.79. The topological polar surface area (TPSA) is 87.5 Å². The molecule has 1 N–H and O–H groups in total. The molecule has 2 heterocycles. The minimum absolute atomic E-state index is 0.101. The quantitative estimate of drug-likeness (QED) is 0.821. The molecule has 1 aromatic heterocycles. The zero-order chi connectivity index (χ0) is 19.6. The van der Waals surface area contributed by atoms with Gasteiger partial charge in [0.2, 0.25) is 15.9 Å². The zero-order valence-electron chi connectivity index (χ0n) is 15.8. The van der Waals surface area contributed by atoms with E-state index in [0.717, 1.165) is 5.69 Å². The molecule has 1 aliphatic rings. The number of carbonyl (C=O) groups is 1. The van der Waals surface area contributed by atoms with Crippen molar-refractivity contribution < 1.29 is 13.2 Å². The van der Waals surface area contributed by atoms with Gasteiger partial charge in [-0.15, -0.1) is 0 Å². The van der Waals surface area contributed by atoms with E-state index in [1.165, 1.54) is 4.31 Å². The predicted molar refractivity (Wildman–Crippen MR) is 103 cm³/mol. The highest BCUT2D eigenvalue weighted by atomic mass is 32.2. The van der Waals surface area contributed by atoms with Crippen LogP contribution < -0.4 is 5.32 Å². The molecule has 1 aromatic carbocycles. The van der Waals surface area contributed by atoms with Crippen LogP contribution in [0.5, 0.6) is 0 Å². The van der Waals surface area contributed by atoms with E-state index >= 15 is 0 Å². The number of hydrogen-bond donors (Lipinski definition) is 1. The second-order valence-electron chi connectivity index (χ2n) is 6.72. The van der Waals surface area contributed by atoms with Crippen LogP contribution in [0.25, 0.3) is 0 Å². The minimum Gasteiger partial charge on any atom is -0.325 e. The van der Waals surface area contributed by atoms with E-state index in [1.54, 1.807) is 25.6 Å². The second-order valence-corrected chi connectivity index (χ2v) is 8.59. The molecule has 27 heavy (non-hydrogen) atoms. The minimum atomic E-state index is -3.58. The smallest absolute Gasteiger partial charge is 0.246 e. The Hall–Kier alpha value is -2.23. The Morgan fingerprint density at radius 2 is 1.74 bits per heavy atom. The standard InChI is InChI=1S/C18H25N5O3S/c1-14-18(15(2)21(3)20-14)27(25,26)23-11-9-22(10-12-23)13-17(24)19-16-7-5-4-6-8-16/h4-8H,9-13H2,1-3H3,(H,19,24). The summed E-state index contributed by atoms with van der Waals surface area (Å²) in [7, 11) is -1.84.